The van der Waals surface area contributed by atoms with E-state index in [0.717, 1.165) is 22.6 Å². The van der Waals surface area contributed by atoms with Crippen molar-refractivity contribution in [2.75, 3.05) is 0 Å². The van der Waals surface area contributed by atoms with Crippen LogP contribution in [0.1, 0.15) is 5.56 Å². The average Bonchev–Trinajstić information content (AvgIpc) is 2.45. The molecule has 0 bridgehead atoms. The summed E-state index contributed by atoms with van der Waals surface area (Å²) >= 11 is 1.07. The molecular weight excluding hydrogens is 504 g/mol. The first-order chi connectivity index (χ1) is 11.5. The van der Waals surface area contributed by atoms with Crippen molar-refractivity contribution in [1.82, 2.24) is 0 Å². The standard InChI is InChI=1S/C14H8F11I/c15-10(16,7-9(26)6-8-4-2-1-3-5-8)11(17,18)12(19,20)13(21,22)14(23,24)25/h1-5,7H,6H2. The smallest absolute Gasteiger partial charge is 0.195 e. The molecule has 26 heavy (non-hydrogen) atoms. The minimum absolute atomic E-state index is 0.291. The zero-order valence-corrected chi connectivity index (χ0v) is 14.4. The second kappa shape index (κ2) is 7.15. The molecule has 0 aliphatic rings. The van der Waals surface area contributed by atoms with Crippen LogP contribution >= 0.6 is 22.6 Å². The van der Waals surface area contributed by atoms with E-state index in [0.29, 0.717) is 5.56 Å². The van der Waals surface area contributed by atoms with Crippen LogP contribution in [-0.4, -0.2) is 29.9 Å². The molecule has 0 amide bonds. The van der Waals surface area contributed by atoms with E-state index in [-0.39, 0.29) is 0 Å². The molecular formula is C14H8F11I. The third kappa shape index (κ3) is 4.09. The van der Waals surface area contributed by atoms with Crippen LogP contribution < -0.4 is 0 Å². The van der Waals surface area contributed by atoms with Crippen LogP contribution in [0.3, 0.4) is 0 Å². The fourth-order valence-electron chi connectivity index (χ4n) is 1.71. The highest BCUT2D eigenvalue weighted by atomic mass is 127. The van der Waals surface area contributed by atoms with E-state index >= 15 is 0 Å². The first-order valence-electron chi connectivity index (χ1n) is 6.46. The zero-order valence-electron chi connectivity index (χ0n) is 12.2. The van der Waals surface area contributed by atoms with E-state index in [9.17, 15) is 48.3 Å². The van der Waals surface area contributed by atoms with Gasteiger partial charge in [-0.05, 0) is 31.7 Å². The molecule has 1 aromatic rings. The Morgan fingerprint density at radius 3 is 1.62 bits per heavy atom. The Morgan fingerprint density at radius 2 is 1.19 bits per heavy atom. The Bertz CT molecular complexity index is 647. The molecule has 0 aliphatic carbocycles. The van der Waals surface area contributed by atoms with Gasteiger partial charge in [-0.25, -0.2) is 0 Å². The van der Waals surface area contributed by atoms with Crippen molar-refractivity contribution in [2.24, 2.45) is 0 Å². The third-order valence-corrected chi connectivity index (χ3v) is 3.81. The van der Waals surface area contributed by atoms with Gasteiger partial charge in [0.25, 0.3) is 0 Å². The minimum Gasteiger partial charge on any atom is -0.195 e. The van der Waals surface area contributed by atoms with Crippen LogP contribution in [0.4, 0.5) is 48.3 Å². The van der Waals surface area contributed by atoms with Crippen LogP contribution in [0, 0.1) is 0 Å². The summed E-state index contributed by atoms with van der Waals surface area (Å²) in [7, 11) is 0. The van der Waals surface area contributed by atoms with Gasteiger partial charge in [-0.1, -0.05) is 30.3 Å². The van der Waals surface area contributed by atoms with Gasteiger partial charge in [-0.2, -0.15) is 48.3 Å². The lowest BCUT2D eigenvalue weighted by atomic mass is 9.97. The largest absolute Gasteiger partial charge is 0.460 e. The summed E-state index contributed by atoms with van der Waals surface area (Å²) in [5, 5.41) is 0. The number of hydrogen-bond acceptors (Lipinski definition) is 0. The summed E-state index contributed by atoms with van der Waals surface area (Å²) in [4.78, 5) is 0. The molecule has 0 aliphatic heterocycles. The molecule has 148 valence electrons. The van der Waals surface area contributed by atoms with Crippen molar-refractivity contribution < 1.29 is 48.3 Å². The molecule has 0 saturated carbocycles. The maximum atomic E-state index is 13.6. The summed E-state index contributed by atoms with van der Waals surface area (Å²) in [5.41, 5.74) is 0.291. The molecule has 0 heterocycles. The maximum absolute atomic E-state index is 13.6. The Balaban J connectivity index is 3.25. The fraction of sp³-hybridized carbons (Fsp3) is 0.429. The van der Waals surface area contributed by atoms with Crippen molar-refractivity contribution >= 4 is 22.6 Å². The van der Waals surface area contributed by atoms with Crippen molar-refractivity contribution in [3.63, 3.8) is 0 Å². The van der Waals surface area contributed by atoms with Gasteiger partial charge in [-0.3, -0.25) is 0 Å². The first-order valence-corrected chi connectivity index (χ1v) is 7.54. The van der Waals surface area contributed by atoms with E-state index in [1.807, 2.05) is 0 Å². The number of rotatable bonds is 6. The number of benzene rings is 1. The Labute approximate surface area is 153 Å². The summed E-state index contributed by atoms with van der Waals surface area (Å²) in [6.45, 7) is 0. The molecule has 1 rings (SSSR count). The summed E-state index contributed by atoms with van der Waals surface area (Å²) in [5.74, 6) is -27.7. The second-order valence-electron chi connectivity index (χ2n) is 5.10. The molecule has 0 radical (unpaired) electrons. The Kier molecular flexibility index (Phi) is 6.31. The van der Waals surface area contributed by atoms with Gasteiger partial charge in [-0.15, -0.1) is 0 Å². The van der Waals surface area contributed by atoms with Crippen LogP contribution in [0.15, 0.2) is 40.0 Å². The summed E-state index contributed by atoms with van der Waals surface area (Å²) < 4.78 is 141. The lowest BCUT2D eigenvalue weighted by Crippen LogP contribution is -2.66. The number of halogens is 12. The molecule has 12 heteroatoms. The molecule has 0 unspecified atom stereocenters. The van der Waals surface area contributed by atoms with Gasteiger partial charge >= 0.3 is 29.9 Å². The molecule has 0 N–H and O–H groups in total. The van der Waals surface area contributed by atoms with E-state index in [1.54, 1.807) is 0 Å². The zero-order chi connectivity index (χ0) is 20.6. The lowest BCUT2D eigenvalue weighted by Gasteiger charge is -2.36. The maximum Gasteiger partial charge on any atom is 0.460 e. The SMILES string of the molecule is FC(F)(F)C(F)(F)C(F)(F)C(F)(F)C(F)(F)C=C(I)Cc1ccccc1. The fourth-order valence-corrected chi connectivity index (χ4v) is 2.55. The van der Waals surface area contributed by atoms with Gasteiger partial charge in [0.2, 0.25) is 0 Å². The van der Waals surface area contributed by atoms with Gasteiger partial charge < -0.3 is 0 Å². The number of hydrogen-bond donors (Lipinski definition) is 0. The van der Waals surface area contributed by atoms with Crippen molar-refractivity contribution in [2.45, 2.75) is 36.3 Å². The first kappa shape index (κ1) is 23.0. The van der Waals surface area contributed by atoms with E-state index in [1.165, 1.54) is 30.3 Å². The molecule has 0 fully saturated rings. The van der Waals surface area contributed by atoms with E-state index in [4.69, 9.17) is 0 Å². The third-order valence-electron chi connectivity index (χ3n) is 3.12. The Morgan fingerprint density at radius 1 is 0.731 bits per heavy atom. The lowest BCUT2D eigenvalue weighted by molar-refractivity contribution is -0.416. The van der Waals surface area contributed by atoms with Crippen LogP contribution in [0.5, 0.6) is 0 Å². The van der Waals surface area contributed by atoms with Gasteiger partial charge in [0, 0.05) is 12.5 Å². The predicted octanol–water partition coefficient (Wildman–Crippen LogP) is 6.65. The minimum atomic E-state index is -7.39. The van der Waals surface area contributed by atoms with Crippen LogP contribution in [0.25, 0.3) is 0 Å². The quantitative estimate of drug-likeness (QED) is 0.296. The van der Waals surface area contributed by atoms with E-state index < -0.39 is 45.9 Å². The average molecular weight is 512 g/mol. The second-order valence-corrected chi connectivity index (χ2v) is 6.48. The number of allylic oxidation sites excluding steroid dienone is 2. The summed E-state index contributed by atoms with van der Waals surface area (Å²) in [6, 6.07) is 7.17. The molecule has 0 spiro atoms. The molecule has 0 saturated heterocycles. The molecule has 0 aromatic heterocycles. The molecule has 1 aromatic carbocycles. The Hall–Kier alpha value is -1.08. The highest BCUT2D eigenvalue weighted by Crippen LogP contribution is 2.57. The van der Waals surface area contributed by atoms with Crippen LogP contribution in [0.2, 0.25) is 0 Å². The van der Waals surface area contributed by atoms with Gasteiger partial charge in [0.1, 0.15) is 0 Å². The van der Waals surface area contributed by atoms with Crippen molar-refractivity contribution in [3.8, 4) is 0 Å². The van der Waals surface area contributed by atoms with Gasteiger partial charge in [0.05, 0.1) is 0 Å². The van der Waals surface area contributed by atoms with Gasteiger partial charge in [0.15, 0.2) is 0 Å². The highest BCUT2D eigenvalue weighted by molar-refractivity contribution is 14.1. The monoisotopic (exact) mass is 512 g/mol. The van der Waals surface area contributed by atoms with Crippen molar-refractivity contribution in [3.05, 3.63) is 45.6 Å². The summed E-state index contributed by atoms with van der Waals surface area (Å²) in [6.07, 6.45) is -8.36. The topological polar surface area (TPSA) is 0 Å². The molecule has 0 nitrogen and oxygen atoms in total. The molecule has 0 atom stereocenters. The van der Waals surface area contributed by atoms with Crippen LogP contribution in [-0.2, 0) is 6.42 Å². The normalized spacial score (nSPS) is 15.3. The van der Waals surface area contributed by atoms with Crippen molar-refractivity contribution in [1.29, 1.82) is 0 Å². The number of alkyl halides is 11. The highest BCUT2D eigenvalue weighted by Gasteiger charge is 2.86. The predicted molar refractivity (Wildman–Crippen MR) is 78.1 cm³/mol. The van der Waals surface area contributed by atoms with E-state index in [2.05, 4.69) is 0 Å².